The summed E-state index contributed by atoms with van der Waals surface area (Å²) in [6, 6.07) is 2.42. The van der Waals surface area contributed by atoms with Gasteiger partial charge in [0.05, 0.1) is 28.0 Å². The van der Waals surface area contributed by atoms with Gasteiger partial charge in [-0.1, -0.05) is 41.8 Å². The van der Waals surface area contributed by atoms with Crippen LogP contribution in [0.3, 0.4) is 0 Å². The molecule has 162 valence electrons. The van der Waals surface area contributed by atoms with Gasteiger partial charge in [-0.3, -0.25) is 0 Å². The van der Waals surface area contributed by atoms with Gasteiger partial charge in [0.1, 0.15) is 0 Å². The molecule has 1 atom stereocenters. The molecule has 0 N–H and O–H groups in total. The summed E-state index contributed by atoms with van der Waals surface area (Å²) in [5, 5.41) is 24.0. The predicted molar refractivity (Wildman–Crippen MR) is 107 cm³/mol. The number of aliphatic imine (C=N–C) groups is 1. The highest BCUT2D eigenvalue weighted by Crippen LogP contribution is 2.33. The van der Waals surface area contributed by atoms with E-state index in [1.165, 1.54) is 26.2 Å². The number of halogens is 1. The van der Waals surface area contributed by atoms with Crippen molar-refractivity contribution in [2.24, 2.45) is 10.1 Å². The molecule has 2 aromatic rings. The van der Waals surface area contributed by atoms with Crippen LogP contribution in [0.5, 0.6) is 0 Å². The van der Waals surface area contributed by atoms with Gasteiger partial charge in [-0.15, -0.1) is 5.10 Å². The number of rotatable bonds is 8. The van der Waals surface area contributed by atoms with Gasteiger partial charge in [0, 0.05) is 37.0 Å². The lowest BCUT2D eigenvalue weighted by Gasteiger charge is -2.17. The molecule has 0 aliphatic carbocycles. The zero-order valence-electron chi connectivity index (χ0n) is 16.6. The zero-order valence-corrected chi connectivity index (χ0v) is 18.2. The number of hydrogen-bond acceptors (Lipinski definition) is 10. The maximum Gasteiger partial charge on any atom is 0.341 e. The van der Waals surface area contributed by atoms with Crippen molar-refractivity contribution < 1.29 is 27.5 Å². The standard InChI is InChI=1S/C18H21ClN4O6S/c1-4-14-21-22-18(28-14)20-17(24)11-6-7-13(30(25,26)5-2)15(16(11)19)12-8-10(9-27-3)29-23-12/h6-7,10H,4-5,8-9H2,1-3H3,(H,20,22,24)/p-1. The van der Waals surface area contributed by atoms with E-state index in [-0.39, 0.29) is 51.9 Å². The first-order valence-electron chi connectivity index (χ1n) is 9.16. The molecule has 2 heterocycles. The molecule has 0 spiro atoms. The minimum atomic E-state index is -3.65. The Morgan fingerprint density at radius 1 is 1.37 bits per heavy atom. The highest BCUT2D eigenvalue weighted by Gasteiger charge is 2.30. The van der Waals surface area contributed by atoms with E-state index in [1.807, 2.05) is 6.92 Å². The molecule has 0 radical (unpaired) electrons. The van der Waals surface area contributed by atoms with Gasteiger partial charge in [-0.2, -0.15) is 0 Å². The Kier molecular flexibility index (Phi) is 6.74. The van der Waals surface area contributed by atoms with Gasteiger partial charge in [-0.25, -0.2) is 13.4 Å². The van der Waals surface area contributed by atoms with Gasteiger partial charge >= 0.3 is 6.01 Å². The van der Waals surface area contributed by atoms with Crippen molar-refractivity contribution in [3.8, 4) is 0 Å². The molecule has 0 saturated heterocycles. The van der Waals surface area contributed by atoms with Crippen LogP contribution in [-0.2, 0) is 25.8 Å². The van der Waals surface area contributed by atoms with E-state index in [4.69, 9.17) is 25.6 Å². The highest BCUT2D eigenvalue weighted by atomic mass is 35.5. The molecule has 3 rings (SSSR count). The molecular formula is C18H20ClN4O6S-. The monoisotopic (exact) mass is 455 g/mol. The van der Waals surface area contributed by atoms with Gasteiger partial charge in [0.15, 0.2) is 15.9 Å². The van der Waals surface area contributed by atoms with E-state index in [0.29, 0.717) is 18.0 Å². The molecule has 0 bridgehead atoms. The SMILES string of the molecule is CCc1nnc(/N=C(/[O-])c2ccc(S(=O)(=O)CC)c(C3=NOC(COC)C3)c2Cl)o1. The summed E-state index contributed by atoms with van der Waals surface area (Å²) in [6.45, 7) is 3.60. The van der Waals surface area contributed by atoms with Crippen molar-refractivity contribution in [2.75, 3.05) is 19.5 Å². The molecule has 0 saturated carbocycles. The van der Waals surface area contributed by atoms with Crippen molar-refractivity contribution in [1.82, 2.24) is 10.2 Å². The molecule has 30 heavy (non-hydrogen) atoms. The zero-order chi connectivity index (χ0) is 21.9. The van der Waals surface area contributed by atoms with Gasteiger partial charge in [0.2, 0.25) is 5.89 Å². The lowest BCUT2D eigenvalue weighted by Crippen LogP contribution is -2.22. The number of aromatic nitrogens is 2. The van der Waals surface area contributed by atoms with Gasteiger partial charge < -0.3 is 19.1 Å². The Morgan fingerprint density at radius 3 is 2.77 bits per heavy atom. The molecule has 1 aliphatic rings. The first-order chi connectivity index (χ1) is 14.3. The molecule has 0 fully saturated rings. The molecule has 0 amide bonds. The van der Waals surface area contributed by atoms with Crippen LogP contribution in [0.15, 0.2) is 31.6 Å². The normalized spacial score (nSPS) is 17.1. The molecule has 1 aliphatic heterocycles. The third-order valence-electron chi connectivity index (χ3n) is 4.38. The van der Waals surface area contributed by atoms with E-state index in [9.17, 15) is 13.5 Å². The third-order valence-corrected chi connectivity index (χ3v) is 6.54. The average molecular weight is 456 g/mol. The Labute approximate surface area is 178 Å². The number of aryl methyl sites for hydroxylation is 1. The second kappa shape index (κ2) is 9.11. The molecular weight excluding hydrogens is 436 g/mol. The first-order valence-corrected chi connectivity index (χ1v) is 11.2. The van der Waals surface area contributed by atoms with Crippen LogP contribution in [0.25, 0.3) is 0 Å². The minimum absolute atomic E-state index is 0.0177. The summed E-state index contributed by atoms with van der Waals surface area (Å²) in [4.78, 5) is 9.04. The number of nitrogens with zero attached hydrogens (tertiary/aromatic N) is 4. The number of oxime groups is 1. The van der Waals surface area contributed by atoms with Crippen LogP contribution in [-0.4, -0.2) is 55.8 Å². The maximum atomic E-state index is 12.7. The summed E-state index contributed by atoms with van der Waals surface area (Å²) in [6.07, 6.45) is 0.388. The lowest BCUT2D eigenvalue weighted by atomic mass is 10.0. The topological polar surface area (TPSA) is 139 Å². The molecule has 1 unspecified atom stereocenters. The number of ether oxygens (including phenoxy) is 1. The fraction of sp³-hybridized carbons (Fsp3) is 0.444. The summed E-state index contributed by atoms with van der Waals surface area (Å²) in [5.41, 5.74) is 0.420. The quantitative estimate of drug-likeness (QED) is 0.432. The molecule has 12 heteroatoms. The number of benzene rings is 1. The Morgan fingerprint density at radius 2 is 2.13 bits per heavy atom. The van der Waals surface area contributed by atoms with Crippen LogP contribution in [0.1, 0.15) is 37.3 Å². The second-order valence-corrected chi connectivity index (χ2v) is 9.00. The fourth-order valence-corrected chi connectivity index (χ4v) is 4.37. The van der Waals surface area contributed by atoms with Crippen LogP contribution in [0, 0.1) is 0 Å². The van der Waals surface area contributed by atoms with Crippen molar-refractivity contribution >= 4 is 39.1 Å². The minimum Gasteiger partial charge on any atom is -0.858 e. The second-order valence-electron chi connectivity index (χ2n) is 6.38. The van der Waals surface area contributed by atoms with Crippen molar-refractivity contribution in [3.63, 3.8) is 0 Å². The predicted octanol–water partition coefficient (Wildman–Crippen LogP) is 1.66. The third kappa shape index (κ3) is 4.47. The summed E-state index contributed by atoms with van der Waals surface area (Å²) < 4.78 is 35.5. The fourth-order valence-electron chi connectivity index (χ4n) is 2.84. The highest BCUT2D eigenvalue weighted by molar-refractivity contribution is 7.91. The molecule has 1 aromatic carbocycles. The average Bonchev–Trinajstić information content (AvgIpc) is 3.37. The van der Waals surface area contributed by atoms with Gasteiger partial charge in [0.25, 0.3) is 0 Å². The Hall–Kier alpha value is -2.50. The summed E-state index contributed by atoms with van der Waals surface area (Å²) >= 11 is 6.50. The number of hydrogen-bond donors (Lipinski definition) is 0. The smallest absolute Gasteiger partial charge is 0.341 e. The van der Waals surface area contributed by atoms with Gasteiger partial charge in [-0.05, 0) is 6.07 Å². The van der Waals surface area contributed by atoms with E-state index in [2.05, 4.69) is 20.3 Å². The maximum absolute atomic E-state index is 12.7. The van der Waals surface area contributed by atoms with Crippen molar-refractivity contribution in [3.05, 3.63) is 34.2 Å². The van der Waals surface area contributed by atoms with Crippen LogP contribution < -0.4 is 5.11 Å². The van der Waals surface area contributed by atoms with Crippen molar-refractivity contribution in [1.29, 1.82) is 0 Å². The van der Waals surface area contributed by atoms with Crippen molar-refractivity contribution in [2.45, 2.75) is 37.7 Å². The first kappa shape index (κ1) is 22.2. The number of sulfone groups is 1. The van der Waals surface area contributed by atoms with E-state index < -0.39 is 15.7 Å². The lowest BCUT2D eigenvalue weighted by molar-refractivity contribution is -0.212. The Bertz CT molecular complexity index is 1100. The Balaban J connectivity index is 2.09. The molecule has 1 aromatic heterocycles. The van der Waals surface area contributed by atoms with E-state index >= 15 is 0 Å². The van der Waals surface area contributed by atoms with Crippen LogP contribution in [0.2, 0.25) is 5.02 Å². The van der Waals surface area contributed by atoms with E-state index in [0.717, 1.165) is 0 Å². The largest absolute Gasteiger partial charge is 0.858 e. The van der Waals surface area contributed by atoms with Crippen LogP contribution >= 0.6 is 11.6 Å². The van der Waals surface area contributed by atoms with E-state index in [1.54, 1.807) is 0 Å². The number of methoxy groups -OCH3 is 1. The summed E-state index contributed by atoms with van der Waals surface area (Å²) in [7, 11) is -2.14. The summed E-state index contributed by atoms with van der Waals surface area (Å²) in [5.74, 6) is -0.564. The van der Waals surface area contributed by atoms with Crippen LogP contribution in [0.4, 0.5) is 6.01 Å². The molecule has 10 nitrogen and oxygen atoms in total.